The monoisotopic (exact) mass is 292 g/mol. The highest BCUT2D eigenvalue weighted by Gasteiger charge is 2.36. The molecule has 20 heavy (non-hydrogen) atoms. The van der Waals surface area contributed by atoms with Crippen molar-refractivity contribution in [1.29, 1.82) is 0 Å². The quantitative estimate of drug-likeness (QED) is 0.819. The van der Waals surface area contributed by atoms with Crippen molar-refractivity contribution < 1.29 is 9.53 Å². The van der Waals surface area contributed by atoms with Gasteiger partial charge in [0.15, 0.2) is 0 Å². The number of rotatable bonds is 5. The molecule has 3 N–H and O–H groups in total. The minimum absolute atomic E-state index is 0.0847. The van der Waals surface area contributed by atoms with Crippen LogP contribution in [0.4, 0.5) is 5.69 Å². The number of amides is 1. The molecule has 2 rings (SSSR count). The van der Waals surface area contributed by atoms with E-state index in [-0.39, 0.29) is 17.9 Å². The molecule has 1 saturated carbocycles. The standard InChI is InChI=1S/C15H20N2O2S/c1-15(7-2-3-8-15)14(18)17-11-5-4-6-12(9-11)19-10-13(16)20/h4-6,9H,2-3,7-8,10H2,1H3,(H2,16,20)(H,17,18). The molecular weight excluding hydrogens is 272 g/mol. The largest absolute Gasteiger partial charge is 0.486 e. The van der Waals surface area contributed by atoms with Gasteiger partial charge in [0.1, 0.15) is 17.3 Å². The van der Waals surface area contributed by atoms with Crippen molar-refractivity contribution in [3.63, 3.8) is 0 Å². The van der Waals surface area contributed by atoms with Gasteiger partial charge in [-0.25, -0.2) is 0 Å². The van der Waals surface area contributed by atoms with E-state index in [2.05, 4.69) is 5.32 Å². The van der Waals surface area contributed by atoms with Crippen LogP contribution >= 0.6 is 12.2 Å². The van der Waals surface area contributed by atoms with E-state index in [1.807, 2.05) is 25.1 Å². The van der Waals surface area contributed by atoms with Gasteiger partial charge in [0.05, 0.1) is 0 Å². The molecule has 0 heterocycles. The Morgan fingerprint density at radius 1 is 1.45 bits per heavy atom. The predicted molar refractivity (Wildman–Crippen MR) is 83.9 cm³/mol. The minimum Gasteiger partial charge on any atom is -0.486 e. The Balaban J connectivity index is 2.00. The van der Waals surface area contributed by atoms with Crippen LogP contribution in [0.2, 0.25) is 0 Å². The number of hydrogen-bond donors (Lipinski definition) is 2. The Labute approximate surface area is 124 Å². The topological polar surface area (TPSA) is 64.3 Å². The fourth-order valence-corrected chi connectivity index (χ4v) is 2.54. The van der Waals surface area contributed by atoms with Crippen LogP contribution in [0.25, 0.3) is 0 Å². The van der Waals surface area contributed by atoms with Crippen LogP contribution in [-0.4, -0.2) is 17.5 Å². The van der Waals surface area contributed by atoms with Crippen LogP contribution < -0.4 is 15.8 Å². The predicted octanol–water partition coefficient (Wildman–Crippen LogP) is 2.87. The number of ether oxygens (including phenoxy) is 1. The maximum atomic E-state index is 12.3. The highest BCUT2D eigenvalue weighted by atomic mass is 32.1. The molecule has 0 spiro atoms. The molecule has 0 aliphatic heterocycles. The Bertz CT molecular complexity index is 510. The molecule has 0 unspecified atom stereocenters. The van der Waals surface area contributed by atoms with Crippen LogP contribution in [0.5, 0.6) is 5.75 Å². The van der Waals surface area contributed by atoms with Crippen molar-refractivity contribution in [3.8, 4) is 5.75 Å². The lowest BCUT2D eigenvalue weighted by Crippen LogP contribution is -2.30. The first-order valence-corrected chi connectivity index (χ1v) is 7.23. The normalized spacial score (nSPS) is 16.6. The van der Waals surface area contributed by atoms with Gasteiger partial charge >= 0.3 is 0 Å². The van der Waals surface area contributed by atoms with Gasteiger partial charge in [0.2, 0.25) is 5.91 Å². The molecule has 0 bridgehead atoms. The first-order chi connectivity index (χ1) is 9.49. The van der Waals surface area contributed by atoms with E-state index >= 15 is 0 Å². The minimum atomic E-state index is -0.240. The molecule has 1 fully saturated rings. The van der Waals surface area contributed by atoms with E-state index < -0.39 is 0 Å². The number of carbonyl (C=O) groups is 1. The second kappa shape index (κ2) is 6.22. The average Bonchev–Trinajstić information content (AvgIpc) is 2.85. The van der Waals surface area contributed by atoms with Crippen molar-refractivity contribution in [2.24, 2.45) is 11.1 Å². The van der Waals surface area contributed by atoms with Gasteiger partial charge in [-0.1, -0.05) is 38.0 Å². The summed E-state index contributed by atoms with van der Waals surface area (Å²) in [5, 5.41) is 2.97. The lowest BCUT2D eigenvalue weighted by atomic mass is 9.88. The second-order valence-electron chi connectivity index (χ2n) is 5.50. The summed E-state index contributed by atoms with van der Waals surface area (Å²) in [6, 6.07) is 7.28. The summed E-state index contributed by atoms with van der Waals surface area (Å²) in [4.78, 5) is 12.6. The van der Waals surface area contributed by atoms with Crippen molar-refractivity contribution in [3.05, 3.63) is 24.3 Å². The zero-order valence-corrected chi connectivity index (χ0v) is 12.5. The average molecular weight is 292 g/mol. The molecule has 0 saturated heterocycles. The van der Waals surface area contributed by atoms with Gasteiger partial charge in [-0.05, 0) is 25.0 Å². The molecule has 5 heteroatoms. The third-order valence-electron chi connectivity index (χ3n) is 3.73. The number of nitrogens with two attached hydrogens (primary N) is 1. The summed E-state index contributed by atoms with van der Waals surface area (Å²) >= 11 is 4.77. The Morgan fingerprint density at radius 2 is 2.15 bits per heavy atom. The molecule has 1 aromatic rings. The van der Waals surface area contributed by atoms with E-state index in [0.29, 0.717) is 10.7 Å². The van der Waals surface area contributed by atoms with Crippen LogP contribution in [0.1, 0.15) is 32.6 Å². The van der Waals surface area contributed by atoms with E-state index in [1.165, 1.54) is 0 Å². The number of benzene rings is 1. The van der Waals surface area contributed by atoms with Crippen molar-refractivity contribution >= 4 is 28.8 Å². The molecule has 1 amide bonds. The number of anilines is 1. The zero-order chi connectivity index (χ0) is 14.6. The third-order valence-corrected chi connectivity index (χ3v) is 3.85. The Kier molecular flexibility index (Phi) is 4.60. The molecule has 1 aromatic carbocycles. The van der Waals surface area contributed by atoms with Gasteiger partial charge in [-0.2, -0.15) is 0 Å². The number of thiocarbonyl (C=S) groups is 1. The summed E-state index contributed by atoms with van der Waals surface area (Å²) in [6.07, 6.45) is 4.16. The Hall–Kier alpha value is -1.62. The van der Waals surface area contributed by atoms with Gasteiger partial charge in [0, 0.05) is 17.2 Å². The van der Waals surface area contributed by atoms with Gasteiger partial charge in [-0.15, -0.1) is 0 Å². The first kappa shape index (κ1) is 14.8. The molecule has 108 valence electrons. The molecule has 1 aliphatic carbocycles. The van der Waals surface area contributed by atoms with Crippen LogP contribution in [-0.2, 0) is 4.79 Å². The van der Waals surface area contributed by atoms with Crippen LogP contribution in [0.15, 0.2) is 24.3 Å². The number of carbonyl (C=O) groups excluding carboxylic acids is 1. The van der Waals surface area contributed by atoms with Gasteiger partial charge in [0.25, 0.3) is 0 Å². The highest BCUT2D eigenvalue weighted by molar-refractivity contribution is 7.80. The molecule has 0 aromatic heterocycles. The van der Waals surface area contributed by atoms with E-state index in [0.717, 1.165) is 31.4 Å². The molecule has 0 radical (unpaired) electrons. The maximum Gasteiger partial charge on any atom is 0.230 e. The maximum absolute atomic E-state index is 12.3. The summed E-state index contributed by atoms with van der Waals surface area (Å²) in [6.45, 7) is 2.23. The van der Waals surface area contributed by atoms with Gasteiger partial charge < -0.3 is 15.8 Å². The Morgan fingerprint density at radius 3 is 2.80 bits per heavy atom. The zero-order valence-electron chi connectivity index (χ0n) is 11.6. The fourth-order valence-electron chi connectivity index (χ4n) is 2.48. The highest BCUT2D eigenvalue weighted by Crippen LogP contribution is 2.38. The molecule has 0 atom stereocenters. The van der Waals surface area contributed by atoms with E-state index in [4.69, 9.17) is 22.7 Å². The molecular formula is C15H20N2O2S. The molecule has 4 nitrogen and oxygen atoms in total. The van der Waals surface area contributed by atoms with Gasteiger partial charge in [-0.3, -0.25) is 4.79 Å². The molecule has 1 aliphatic rings. The second-order valence-corrected chi connectivity index (χ2v) is 6.03. The smallest absolute Gasteiger partial charge is 0.230 e. The van der Waals surface area contributed by atoms with Crippen LogP contribution in [0.3, 0.4) is 0 Å². The van der Waals surface area contributed by atoms with Crippen molar-refractivity contribution in [2.45, 2.75) is 32.6 Å². The summed E-state index contributed by atoms with van der Waals surface area (Å²) < 4.78 is 5.42. The van der Waals surface area contributed by atoms with Crippen molar-refractivity contribution in [1.82, 2.24) is 0 Å². The third kappa shape index (κ3) is 3.70. The summed E-state index contributed by atoms with van der Waals surface area (Å²) in [7, 11) is 0. The lowest BCUT2D eigenvalue weighted by Gasteiger charge is -2.22. The van der Waals surface area contributed by atoms with Crippen LogP contribution in [0, 0.1) is 5.41 Å². The SMILES string of the molecule is CC1(C(=O)Nc2cccc(OCC(N)=S)c2)CCCC1. The van der Waals surface area contributed by atoms with E-state index in [1.54, 1.807) is 6.07 Å². The number of hydrogen-bond acceptors (Lipinski definition) is 3. The number of nitrogens with one attached hydrogen (secondary N) is 1. The van der Waals surface area contributed by atoms with Crippen molar-refractivity contribution in [2.75, 3.05) is 11.9 Å². The van der Waals surface area contributed by atoms with E-state index in [9.17, 15) is 4.79 Å². The fraction of sp³-hybridized carbons (Fsp3) is 0.467. The lowest BCUT2D eigenvalue weighted by molar-refractivity contribution is -0.124. The summed E-state index contributed by atoms with van der Waals surface area (Å²) in [5.74, 6) is 0.730. The first-order valence-electron chi connectivity index (χ1n) is 6.82. The summed E-state index contributed by atoms with van der Waals surface area (Å²) in [5.41, 5.74) is 5.89.